The zero-order valence-electron chi connectivity index (χ0n) is 20.8. The Morgan fingerprint density at radius 2 is 1.89 bits per heavy atom. The molecule has 192 valence electrons. The molecule has 8 heteroatoms. The summed E-state index contributed by atoms with van der Waals surface area (Å²) in [5.74, 6) is 1.46. The molecule has 0 N–H and O–H groups in total. The molecule has 38 heavy (non-hydrogen) atoms. The van der Waals surface area contributed by atoms with E-state index in [4.69, 9.17) is 14.5 Å². The van der Waals surface area contributed by atoms with Crippen LogP contribution in [0.15, 0.2) is 85.0 Å². The predicted molar refractivity (Wildman–Crippen MR) is 159 cm³/mol. The van der Waals surface area contributed by atoms with Crippen LogP contribution in [0, 0.1) is 0 Å². The molecule has 4 aromatic rings. The highest BCUT2D eigenvalue weighted by Crippen LogP contribution is 2.43. The number of halogens is 2. The lowest BCUT2D eigenvalue weighted by molar-refractivity contribution is 0.337. The molecule has 1 atom stereocenters. The van der Waals surface area contributed by atoms with E-state index in [0.29, 0.717) is 21.7 Å². The Hall–Kier alpha value is -2.94. The van der Waals surface area contributed by atoms with Crippen LogP contribution in [0.3, 0.4) is 0 Å². The van der Waals surface area contributed by atoms with Gasteiger partial charge in [0.25, 0.3) is 5.56 Å². The van der Waals surface area contributed by atoms with Crippen molar-refractivity contribution in [3.63, 3.8) is 0 Å². The summed E-state index contributed by atoms with van der Waals surface area (Å²) in [5, 5.41) is 0. The normalized spacial score (nSPS) is 16.4. The number of hydrogen-bond donors (Lipinski definition) is 0. The summed E-state index contributed by atoms with van der Waals surface area (Å²) in [6.07, 6.45) is 3.64. The molecule has 2 heterocycles. The smallest absolute Gasteiger partial charge is 0.271 e. The van der Waals surface area contributed by atoms with E-state index in [1.807, 2.05) is 47.9 Å². The lowest BCUT2D eigenvalue weighted by atomic mass is 9.83. The molecule has 1 aliphatic carbocycles. The summed E-state index contributed by atoms with van der Waals surface area (Å²) in [6, 6.07) is 20.0. The van der Waals surface area contributed by atoms with Gasteiger partial charge >= 0.3 is 0 Å². The fourth-order valence-electron chi connectivity index (χ4n) is 5.32. The van der Waals surface area contributed by atoms with Crippen LogP contribution in [-0.2, 0) is 6.42 Å². The van der Waals surface area contributed by atoms with Gasteiger partial charge in [-0.2, -0.15) is 0 Å². The maximum absolute atomic E-state index is 14.1. The summed E-state index contributed by atoms with van der Waals surface area (Å²) in [6.45, 7) is 2.46. The number of aromatic nitrogens is 1. The van der Waals surface area contributed by atoms with Crippen molar-refractivity contribution < 1.29 is 9.47 Å². The summed E-state index contributed by atoms with van der Waals surface area (Å²) >= 11 is 8.59. The van der Waals surface area contributed by atoms with Crippen molar-refractivity contribution in [2.45, 2.75) is 25.8 Å². The molecule has 3 aromatic carbocycles. The number of thiazole rings is 1. The van der Waals surface area contributed by atoms with Gasteiger partial charge in [-0.15, -0.1) is 0 Å². The van der Waals surface area contributed by atoms with E-state index in [0.717, 1.165) is 55.5 Å². The number of para-hydroxylation sites is 1. The number of rotatable bonds is 5. The van der Waals surface area contributed by atoms with Crippen LogP contribution in [0.2, 0.25) is 0 Å². The summed E-state index contributed by atoms with van der Waals surface area (Å²) < 4.78 is 15.9. The maximum atomic E-state index is 14.1. The van der Waals surface area contributed by atoms with E-state index >= 15 is 0 Å². The molecular formula is C30H24Br2N2O3S. The first kappa shape index (κ1) is 25.3. The van der Waals surface area contributed by atoms with Gasteiger partial charge in [-0.05, 0) is 71.1 Å². The van der Waals surface area contributed by atoms with Crippen LogP contribution in [0.25, 0.3) is 11.8 Å². The zero-order chi connectivity index (χ0) is 26.4. The molecule has 0 saturated carbocycles. The quantitative estimate of drug-likeness (QED) is 0.256. The third kappa shape index (κ3) is 4.28. The van der Waals surface area contributed by atoms with Gasteiger partial charge in [0.15, 0.2) is 4.80 Å². The van der Waals surface area contributed by atoms with Crippen LogP contribution < -0.4 is 24.4 Å². The molecule has 0 bridgehead atoms. The maximum Gasteiger partial charge on any atom is 0.271 e. The van der Waals surface area contributed by atoms with E-state index in [1.165, 1.54) is 16.9 Å². The summed E-state index contributed by atoms with van der Waals surface area (Å²) in [5.41, 5.74) is 6.25. The second-order valence-corrected chi connectivity index (χ2v) is 11.9. The molecule has 0 radical (unpaired) electrons. The van der Waals surface area contributed by atoms with E-state index < -0.39 is 0 Å². The number of benzene rings is 3. The minimum absolute atomic E-state index is 0.0754. The molecule has 5 nitrogen and oxygen atoms in total. The average Bonchev–Trinajstić information content (AvgIpc) is 3.23. The Morgan fingerprint density at radius 3 is 2.71 bits per heavy atom. The number of nitrogens with zero attached hydrogens (tertiary/aromatic N) is 2. The number of fused-ring (bicyclic) bond motifs is 3. The number of ether oxygens (including phenoxy) is 2. The molecule has 0 spiro atoms. The van der Waals surface area contributed by atoms with E-state index in [9.17, 15) is 4.79 Å². The Balaban J connectivity index is 1.64. The van der Waals surface area contributed by atoms with Gasteiger partial charge < -0.3 is 9.47 Å². The zero-order valence-corrected chi connectivity index (χ0v) is 24.8. The number of aryl methyl sites for hydroxylation is 1. The standard InChI is InChI=1S/C30H24Br2N2O3S/c1-3-37-28-18(14-19(31)16-23(28)32)15-25-29(35)34-27(21-10-6-7-11-24(21)36-2)22-13-12-17-8-4-5-9-20(17)26(22)33-30(34)38-25/h4-11,14-16,27H,3,12-13H2,1-2H3/b25-15+/t27-/m1/s1. The van der Waals surface area contributed by atoms with Gasteiger partial charge in [0, 0.05) is 21.2 Å². The molecule has 1 aliphatic heterocycles. The van der Waals surface area contributed by atoms with Crippen LogP contribution in [0.1, 0.15) is 41.6 Å². The molecule has 0 amide bonds. The second-order valence-electron chi connectivity index (χ2n) is 9.09. The fourth-order valence-corrected chi connectivity index (χ4v) is 7.68. The largest absolute Gasteiger partial charge is 0.496 e. The van der Waals surface area contributed by atoms with Gasteiger partial charge in [0.1, 0.15) is 11.5 Å². The van der Waals surface area contributed by atoms with Gasteiger partial charge in [-0.3, -0.25) is 9.36 Å². The van der Waals surface area contributed by atoms with E-state index in [-0.39, 0.29) is 11.6 Å². The highest BCUT2D eigenvalue weighted by Gasteiger charge is 2.34. The van der Waals surface area contributed by atoms with E-state index in [1.54, 1.807) is 7.11 Å². The Bertz CT molecular complexity index is 1790. The van der Waals surface area contributed by atoms with Crippen molar-refractivity contribution in [1.29, 1.82) is 0 Å². The van der Waals surface area contributed by atoms with Crippen molar-refractivity contribution in [2.24, 2.45) is 4.99 Å². The van der Waals surface area contributed by atoms with E-state index in [2.05, 4.69) is 62.2 Å². The van der Waals surface area contributed by atoms with Gasteiger partial charge in [0.05, 0.1) is 34.5 Å². The molecule has 2 aliphatic rings. The second kappa shape index (κ2) is 10.3. The number of methoxy groups -OCH3 is 1. The number of hydrogen-bond acceptors (Lipinski definition) is 5. The van der Waals surface area contributed by atoms with Crippen molar-refractivity contribution in [1.82, 2.24) is 4.57 Å². The highest BCUT2D eigenvalue weighted by atomic mass is 79.9. The topological polar surface area (TPSA) is 52.8 Å². The first-order chi connectivity index (χ1) is 18.5. The molecule has 1 aromatic heterocycles. The lowest BCUT2D eigenvalue weighted by Gasteiger charge is -2.31. The lowest BCUT2D eigenvalue weighted by Crippen LogP contribution is -2.39. The molecule has 0 fully saturated rings. The van der Waals surface area contributed by atoms with Crippen LogP contribution in [-0.4, -0.2) is 18.3 Å². The third-order valence-electron chi connectivity index (χ3n) is 6.92. The summed E-state index contributed by atoms with van der Waals surface area (Å²) in [7, 11) is 1.67. The Morgan fingerprint density at radius 1 is 1.11 bits per heavy atom. The molecule has 6 rings (SSSR count). The molecular weight excluding hydrogens is 628 g/mol. The molecule has 0 saturated heterocycles. The molecule has 0 unspecified atom stereocenters. The van der Waals surface area contributed by atoms with Gasteiger partial charge in [-0.1, -0.05) is 69.7 Å². The minimum atomic E-state index is -0.298. The predicted octanol–water partition coefficient (Wildman–Crippen LogP) is 6.25. The third-order valence-corrected chi connectivity index (χ3v) is 8.95. The van der Waals surface area contributed by atoms with Crippen molar-refractivity contribution in [2.75, 3.05) is 13.7 Å². The first-order valence-electron chi connectivity index (χ1n) is 12.4. The highest BCUT2D eigenvalue weighted by molar-refractivity contribution is 9.11. The van der Waals surface area contributed by atoms with Crippen molar-refractivity contribution in [3.8, 4) is 11.5 Å². The van der Waals surface area contributed by atoms with Crippen molar-refractivity contribution in [3.05, 3.63) is 117 Å². The Kier molecular flexibility index (Phi) is 6.88. The summed E-state index contributed by atoms with van der Waals surface area (Å²) in [4.78, 5) is 19.9. The average molecular weight is 652 g/mol. The van der Waals surface area contributed by atoms with Gasteiger partial charge in [-0.25, -0.2) is 4.99 Å². The van der Waals surface area contributed by atoms with Crippen LogP contribution in [0.5, 0.6) is 11.5 Å². The number of allylic oxidation sites excluding steroid dienone is 1. The minimum Gasteiger partial charge on any atom is -0.496 e. The fraction of sp³-hybridized carbons (Fsp3) is 0.200. The Labute approximate surface area is 241 Å². The van der Waals surface area contributed by atoms with Crippen LogP contribution in [0.4, 0.5) is 0 Å². The SMILES string of the molecule is CCOc1c(Br)cc(Br)cc1/C=c1/sc2n(c1=O)[C@H](c1ccccc1OC)C1=C(N=2)c2ccccc2CC1. The van der Waals surface area contributed by atoms with Crippen LogP contribution >= 0.6 is 43.2 Å². The monoisotopic (exact) mass is 650 g/mol. The van der Waals surface area contributed by atoms with Crippen molar-refractivity contribution >= 4 is 55.0 Å². The first-order valence-corrected chi connectivity index (χ1v) is 14.8. The van der Waals surface area contributed by atoms with Gasteiger partial charge in [0.2, 0.25) is 0 Å².